The molecule has 2 aliphatic heterocycles. The van der Waals surface area contributed by atoms with Gasteiger partial charge in [0.2, 0.25) is 5.91 Å². The highest BCUT2D eigenvalue weighted by atomic mass is 16.5. The molecule has 2 heterocycles. The molecule has 0 bridgehead atoms. The van der Waals surface area contributed by atoms with Gasteiger partial charge in [-0.3, -0.25) is 14.5 Å². The van der Waals surface area contributed by atoms with E-state index >= 15 is 0 Å². The van der Waals surface area contributed by atoms with Crippen molar-refractivity contribution in [1.82, 2.24) is 14.7 Å². The van der Waals surface area contributed by atoms with Crippen LogP contribution in [-0.4, -0.2) is 90.1 Å². The number of aliphatic hydroxyl groups excluding tert-OH is 1. The molecule has 1 N–H and O–H groups in total. The van der Waals surface area contributed by atoms with E-state index in [2.05, 4.69) is 11.8 Å². The summed E-state index contributed by atoms with van der Waals surface area (Å²) >= 11 is 0. The number of benzene rings is 2. The van der Waals surface area contributed by atoms with Crippen LogP contribution in [0.1, 0.15) is 42.6 Å². The Morgan fingerprint density at radius 2 is 1.81 bits per heavy atom. The summed E-state index contributed by atoms with van der Waals surface area (Å²) in [5, 5.41) is 9.99. The molecule has 4 rings (SSSR count). The van der Waals surface area contributed by atoms with Gasteiger partial charge in [-0.05, 0) is 56.1 Å². The molecule has 0 unspecified atom stereocenters. The molecule has 1 saturated heterocycles. The topological polar surface area (TPSA) is 73.3 Å². The van der Waals surface area contributed by atoms with Gasteiger partial charge in [0.05, 0.1) is 31.4 Å². The summed E-state index contributed by atoms with van der Waals surface area (Å²) in [6.07, 6.45) is 1.63. The predicted octanol–water partition coefficient (Wildman–Crippen LogP) is 3.26. The van der Waals surface area contributed by atoms with E-state index in [-0.39, 0.29) is 42.5 Å². The number of hydrogen-bond donors (Lipinski definition) is 1. The fraction of sp³-hybridized carbons (Fsp3) is 0.517. The first-order valence-electron chi connectivity index (χ1n) is 13.0. The molecule has 7 heteroatoms. The molecule has 2 amide bonds. The van der Waals surface area contributed by atoms with E-state index in [0.29, 0.717) is 25.3 Å². The number of aliphatic hydroxyl groups is 1. The Morgan fingerprint density at radius 3 is 2.47 bits per heavy atom. The van der Waals surface area contributed by atoms with E-state index in [9.17, 15) is 14.7 Å². The summed E-state index contributed by atoms with van der Waals surface area (Å²) in [5.74, 6) is -0.0482. The van der Waals surface area contributed by atoms with E-state index in [0.717, 1.165) is 36.1 Å². The van der Waals surface area contributed by atoms with E-state index in [1.165, 1.54) is 0 Å². The van der Waals surface area contributed by atoms with E-state index in [1.807, 2.05) is 69.6 Å². The highest BCUT2D eigenvalue weighted by Gasteiger charge is 2.34. The zero-order chi connectivity index (χ0) is 25.8. The lowest BCUT2D eigenvalue weighted by atomic mass is 9.94. The van der Waals surface area contributed by atoms with E-state index < -0.39 is 0 Å². The minimum absolute atomic E-state index is 0.0584. The van der Waals surface area contributed by atoms with Crippen LogP contribution in [0.3, 0.4) is 0 Å². The first-order chi connectivity index (χ1) is 17.3. The summed E-state index contributed by atoms with van der Waals surface area (Å²) in [7, 11) is 3.85. The maximum absolute atomic E-state index is 13.9. The third-order valence-corrected chi connectivity index (χ3v) is 7.73. The maximum atomic E-state index is 13.9. The van der Waals surface area contributed by atoms with Crippen molar-refractivity contribution in [3.63, 3.8) is 0 Å². The monoisotopic (exact) mass is 493 g/mol. The lowest BCUT2D eigenvalue weighted by Crippen LogP contribution is -2.49. The minimum atomic E-state index is -0.351. The number of rotatable bonds is 5. The standard InChI is InChI=1S/C29H39N3O4/c1-20-16-32(21(2)18-33)28(34)25-13-8-7-12-24(25)23-11-6-5-10-22(23)19-36-27(20)17-31(4)29(35)26-14-9-15-30(26)3/h5-8,10-13,20-21,26-27,33H,9,14-19H2,1-4H3/t20-,21-,26+,27+/m1/s1. The fourth-order valence-electron chi connectivity index (χ4n) is 5.39. The lowest BCUT2D eigenvalue weighted by molar-refractivity contribution is -0.137. The number of nitrogens with zero attached hydrogens (tertiary/aromatic N) is 3. The zero-order valence-corrected chi connectivity index (χ0v) is 21.9. The smallest absolute Gasteiger partial charge is 0.254 e. The third-order valence-electron chi connectivity index (χ3n) is 7.73. The summed E-state index contributed by atoms with van der Waals surface area (Å²) in [6.45, 7) is 5.97. The Labute approximate surface area is 214 Å². The molecule has 0 spiro atoms. The van der Waals surface area contributed by atoms with Crippen LogP contribution < -0.4 is 0 Å². The summed E-state index contributed by atoms with van der Waals surface area (Å²) in [5.41, 5.74) is 3.44. The molecule has 0 saturated carbocycles. The van der Waals surface area contributed by atoms with Gasteiger partial charge in [-0.1, -0.05) is 49.4 Å². The minimum Gasteiger partial charge on any atom is -0.394 e. The normalized spacial score (nSPS) is 24.0. The molecule has 1 fully saturated rings. The van der Waals surface area contributed by atoms with Gasteiger partial charge in [-0.2, -0.15) is 0 Å². The number of fused-ring (bicyclic) bond motifs is 3. The molecule has 4 atom stereocenters. The summed E-state index contributed by atoms with van der Waals surface area (Å²) in [4.78, 5) is 32.8. The second-order valence-electron chi connectivity index (χ2n) is 10.4. The van der Waals surface area contributed by atoms with E-state index in [4.69, 9.17) is 4.74 Å². The van der Waals surface area contributed by atoms with Crippen molar-refractivity contribution in [2.24, 2.45) is 5.92 Å². The number of hydrogen-bond acceptors (Lipinski definition) is 5. The van der Waals surface area contributed by atoms with Gasteiger partial charge in [-0.25, -0.2) is 0 Å². The van der Waals surface area contributed by atoms with Crippen LogP contribution in [-0.2, 0) is 16.1 Å². The van der Waals surface area contributed by atoms with Crippen molar-refractivity contribution in [3.8, 4) is 11.1 Å². The molecule has 0 radical (unpaired) electrons. The van der Waals surface area contributed by atoms with Gasteiger partial charge >= 0.3 is 0 Å². The second-order valence-corrected chi connectivity index (χ2v) is 10.4. The molecule has 0 aromatic heterocycles. The van der Waals surface area contributed by atoms with Crippen LogP contribution in [0.15, 0.2) is 48.5 Å². The Morgan fingerprint density at radius 1 is 1.14 bits per heavy atom. The van der Waals surface area contributed by atoms with Crippen LogP contribution in [0.25, 0.3) is 11.1 Å². The van der Waals surface area contributed by atoms with Crippen molar-refractivity contribution in [2.75, 3.05) is 40.3 Å². The number of carbonyl (C=O) groups is 2. The quantitative estimate of drug-likeness (QED) is 0.692. The van der Waals surface area contributed by atoms with Gasteiger partial charge in [0.1, 0.15) is 0 Å². The molecular weight excluding hydrogens is 454 g/mol. The SMILES string of the molecule is C[C@@H]1CN([C@H](C)CO)C(=O)c2ccccc2-c2ccccc2CO[C@H]1CN(C)C(=O)[C@@H]1CCCN1C. The Kier molecular flexibility index (Phi) is 8.44. The molecule has 2 aromatic rings. The van der Waals surface area contributed by atoms with Crippen molar-refractivity contribution >= 4 is 11.8 Å². The van der Waals surface area contributed by atoms with Crippen LogP contribution in [0.5, 0.6) is 0 Å². The van der Waals surface area contributed by atoms with Crippen molar-refractivity contribution in [2.45, 2.75) is 51.5 Å². The molecule has 194 valence electrons. The van der Waals surface area contributed by atoms with Crippen LogP contribution in [0.4, 0.5) is 0 Å². The van der Waals surface area contributed by atoms with Gasteiger partial charge in [-0.15, -0.1) is 0 Å². The average molecular weight is 494 g/mol. The Hall–Kier alpha value is -2.74. The highest BCUT2D eigenvalue weighted by molar-refractivity contribution is 6.01. The number of likely N-dealkylation sites (N-methyl/N-ethyl adjacent to an activating group) is 2. The number of likely N-dealkylation sites (tertiary alicyclic amines) is 1. The van der Waals surface area contributed by atoms with Crippen LogP contribution >= 0.6 is 0 Å². The van der Waals surface area contributed by atoms with Crippen molar-refractivity contribution < 1.29 is 19.4 Å². The average Bonchev–Trinajstić information content (AvgIpc) is 3.33. The van der Waals surface area contributed by atoms with Gasteiger partial charge in [0, 0.05) is 31.6 Å². The molecule has 0 aliphatic carbocycles. The molecule has 2 aliphatic rings. The number of carbonyl (C=O) groups excluding carboxylic acids is 2. The zero-order valence-electron chi connectivity index (χ0n) is 21.9. The molecule has 36 heavy (non-hydrogen) atoms. The van der Waals surface area contributed by atoms with Gasteiger partial charge < -0.3 is 19.6 Å². The summed E-state index contributed by atoms with van der Waals surface area (Å²) < 4.78 is 6.53. The van der Waals surface area contributed by atoms with Gasteiger partial charge in [0.15, 0.2) is 0 Å². The second kappa shape index (κ2) is 11.5. The number of amides is 2. The number of ether oxygens (including phenoxy) is 1. The van der Waals surface area contributed by atoms with Crippen molar-refractivity contribution in [1.29, 1.82) is 0 Å². The first kappa shape index (κ1) is 26.3. The molecule has 2 aromatic carbocycles. The molecule has 7 nitrogen and oxygen atoms in total. The maximum Gasteiger partial charge on any atom is 0.254 e. The van der Waals surface area contributed by atoms with Crippen LogP contribution in [0.2, 0.25) is 0 Å². The summed E-state index contributed by atoms with van der Waals surface area (Å²) in [6, 6.07) is 15.2. The highest BCUT2D eigenvalue weighted by Crippen LogP contribution is 2.31. The molecular formula is C29H39N3O4. The fourth-order valence-corrected chi connectivity index (χ4v) is 5.39. The lowest BCUT2D eigenvalue weighted by Gasteiger charge is -2.35. The Balaban J connectivity index is 1.68. The van der Waals surface area contributed by atoms with E-state index in [1.54, 1.807) is 9.80 Å². The van der Waals surface area contributed by atoms with Gasteiger partial charge in [0.25, 0.3) is 5.91 Å². The Bertz CT molecular complexity index is 1070. The van der Waals surface area contributed by atoms with Crippen molar-refractivity contribution in [3.05, 3.63) is 59.7 Å². The predicted molar refractivity (Wildman–Crippen MR) is 140 cm³/mol. The largest absolute Gasteiger partial charge is 0.394 e. The first-order valence-corrected chi connectivity index (χ1v) is 13.0. The van der Waals surface area contributed by atoms with Crippen LogP contribution in [0, 0.1) is 5.92 Å². The third kappa shape index (κ3) is 5.48.